The van der Waals surface area contributed by atoms with Crippen LogP contribution < -0.4 is 9.62 Å². The van der Waals surface area contributed by atoms with Crippen molar-refractivity contribution >= 4 is 27.3 Å². The van der Waals surface area contributed by atoms with Crippen LogP contribution in [0.5, 0.6) is 0 Å². The number of fused-ring (bicyclic) bond motifs is 1. The molecule has 2 aromatic rings. The van der Waals surface area contributed by atoms with Gasteiger partial charge in [0.25, 0.3) is 10.0 Å². The zero-order valence-electron chi connectivity index (χ0n) is 18.4. The third-order valence-corrected chi connectivity index (χ3v) is 7.56. The minimum atomic E-state index is -4.50. The Labute approximate surface area is 191 Å². The minimum Gasteiger partial charge on any atom is -0.361 e. The van der Waals surface area contributed by atoms with E-state index in [0.29, 0.717) is 6.54 Å². The summed E-state index contributed by atoms with van der Waals surface area (Å²) in [6.45, 7) is 6.35. The molecule has 0 bridgehead atoms. The molecule has 0 aliphatic carbocycles. The number of sulfonamides is 1. The Morgan fingerprint density at radius 2 is 1.70 bits per heavy atom. The number of hydrogen-bond acceptors (Lipinski definition) is 4. The number of amides is 1. The number of rotatable bonds is 5. The molecule has 0 saturated carbocycles. The molecule has 1 N–H and O–H groups in total. The number of nitrogens with zero attached hydrogens (tertiary/aromatic N) is 2. The maximum atomic E-state index is 12.9. The number of carbonyl (C=O) groups excluding carboxylic acids is 1. The van der Waals surface area contributed by atoms with E-state index >= 15 is 0 Å². The van der Waals surface area contributed by atoms with Crippen molar-refractivity contribution in [3.8, 4) is 0 Å². The van der Waals surface area contributed by atoms with Crippen molar-refractivity contribution in [2.24, 2.45) is 0 Å². The highest BCUT2D eigenvalue weighted by atomic mass is 32.2. The van der Waals surface area contributed by atoms with Crippen LogP contribution in [0.3, 0.4) is 0 Å². The van der Waals surface area contributed by atoms with Gasteiger partial charge in [0.15, 0.2) is 0 Å². The molecule has 2 aromatic carbocycles. The first-order valence-corrected chi connectivity index (χ1v) is 12.2. The summed E-state index contributed by atoms with van der Waals surface area (Å²) in [6.07, 6.45) is -2.47. The number of carbonyl (C=O) groups is 1. The molecule has 10 heteroatoms. The Morgan fingerprint density at radius 3 is 2.30 bits per heavy atom. The summed E-state index contributed by atoms with van der Waals surface area (Å²) in [6, 6.07) is 8.58. The van der Waals surface area contributed by atoms with Gasteiger partial charge in [0, 0.05) is 36.4 Å². The molecular weight excluding hydrogens is 455 g/mol. The van der Waals surface area contributed by atoms with Gasteiger partial charge < -0.3 is 9.80 Å². The molecule has 1 fully saturated rings. The second kappa shape index (κ2) is 8.23. The summed E-state index contributed by atoms with van der Waals surface area (Å²) in [4.78, 5) is 16.5. The molecule has 2 heterocycles. The number of hydrogen-bond donors (Lipinski definition) is 1. The second-order valence-electron chi connectivity index (χ2n) is 9.19. The summed E-state index contributed by atoms with van der Waals surface area (Å²) in [7, 11) is -4.01. The molecule has 4 rings (SSSR count). The largest absolute Gasteiger partial charge is 0.416 e. The van der Waals surface area contributed by atoms with Gasteiger partial charge in [-0.15, -0.1) is 0 Å². The molecule has 2 aliphatic rings. The van der Waals surface area contributed by atoms with Crippen molar-refractivity contribution in [2.75, 3.05) is 35.8 Å². The van der Waals surface area contributed by atoms with Crippen LogP contribution in [0, 0.1) is 0 Å². The zero-order chi connectivity index (χ0) is 24.0. The Balaban J connectivity index is 1.55. The number of nitrogens with one attached hydrogen (secondary N) is 1. The van der Waals surface area contributed by atoms with Crippen LogP contribution in [-0.4, -0.2) is 45.4 Å². The average Bonchev–Trinajstić information content (AvgIpc) is 3.34. The van der Waals surface area contributed by atoms with Crippen molar-refractivity contribution in [3.05, 3.63) is 53.6 Å². The first kappa shape index (κ1) is 23.4. The van der Waals surface area contributed by atoms with Crippen LogP contribution >= 0.6 is 0 Å². The fourth-order valence-corrected chi connectivity index (χ4v) is 5.54. The van der Waals surface area contributed by atoms with Crippen molar-refractivity contribution in [2.45, 2.75) is 43.2 Å². The van der Waals surface area contributed by atoms with Gasteiger partial charge in [0.05, 0.1) is 17.0 Å². The highest BCUT2D eigenvalue weighted by molar-refractivity contribution is 7.92. The Kier molecular flexibility index (Phi) is 5.84. The van der Waals surface area contributed by atoms with Crippen LogP contribution in [0.15, 0.2) is 47.4 Å². The first-order valence-electron chi connectivity index (χ1n) is 10.7. The lowest BCUT2D eigenvalue weighted by Crippen LogP contribution is -2.40. The van der Waals surface area contributed by atoms with Crippen molar-refractivity contribution in [1.29, 1.82) is 0 Å². The normalized spacial score (nSPS) is 17.8. The minimum absolute atomic E-state index is 0.0157. The van der Waals surface area contributed by atoms with Gasteiger partial charge in [-0.2, -0.15) is 13.2 Å². The second-order valence-corrected chi connectivity index (χ2v) is 10.9. The Morgan fingerprint density at radius 1 is 1.06 bits per heavy atom. The summed E-state index contributed by atoms with van der Waals surface area (Å²) in [5.41, 5.74) is 0.447. The summed E-state index contributed by atoms with van der Waals surface area (Å²) >= 11 is 0. The lowest BCUT2D eigenvalue weighted by atomic mass is 9.87. The Hall–Kier alpha value is -2.75. The zero-order valence-corrected chi connectivity index (χ0v) is 19.3. The lowest BCUT2D eigenvalue weighted by molar-refractivity contribution is -0.137. The Bertz CT molecular complexity index is 1160. The first-order chi connectivity index (χ1) is 15.4. The molecule has 6 nitrogen and oxygen atoms in total. The van der Waals surface area contributed by atoms with E-state index in [-0.39, 0.29) is 28.4 Å². The number of benzene rings is 2. The van der Waals surface area contributed by atoms with Crippen LogP contribution in [0.1, 0.15) is 37.8 Å². The predicted molar refractivity (Wildman–Crippen MR) is 120 cm³/mol. The average molecular weight is 482 g/mol. The van der Waals surface area contributed by atoms with Gasteiger partial charge >= 0.3 is 6.18 Å². The third kappa shape index (κ3) is 4.80. The van der Waals surface area contributed by atoms with E-state index in [1.165, 1.54) is 6.07 Å². The van der Waals surface area contributed by atoms with Crippen molar-refractivity contribution < 1.29 is 26.4 Å². The maximum Gasteiger partial charge on any atom is 0.416 e. The van der Waals surface area contributed by atoms with Gasteiger partial charge in [0.2, 0.25) is 5.91 Å². The molecule has 0 atom stereocenters. The van der Waals surface area contributed by atoms with E-state index < -0.39 is 21.8 Å². The van der Waals surface area contributed by atoms with E-state index in [4.69, 9.17) is 0 Å². The summed E-state index contributed by atoms with van der Waals surface area (Å²) < 4.78 is 66.4. The lowest BCUT2D eigenvalue weighted by Gasteiger charge is -2.24. The molecule has 178 valence electrons. The molecule has 0 unspecified atom stereocenters. The molecule has 0 spiro atoms. The van der Waals surface area contributed by atoms with E-state index in [1.54, 1.807) is 12.1 Å². The molecule has 2 aliphatic heterocycles. The van der Waals surface area contributed by atoms with E-state index in [9.17, 15) is 26.4 Å². The van der Waals surface area contributed by atoms with Gasteiger partial charge in [-0.25, -0.2) is 8.42 Å². The van der Waals surface area contributed by atoms with Crippen LogP contribution in [0.2, 0.25) is 0 Å². The molecule has 0 aromatic heterocycles. The number of anilines is 2. The monoisotopic (exact) mass is 481 g/mol. The van der Waals surface area contributed by atoms with Crippen LogP contribution in [0.25, 0.3) is 0 Å². The van der Waals surface area contributed by atoms with E-state index in [0.717, 1.165) is 61.4 Å². The predicted octanol–water partition coefficient (Wildman–Crippen LogP) is 4.23. The number of likely N-dealkylation sites (tertiary alicyclic amines) is 1. The SMILES string of the molecule is CC1(C)CN(CC(=O)N2CCCC2)c2ccc(S(=O)(=O)Nc3ccc(C(F)(F)F)cc3)cc21. The maximum absolute atomic E-state index is 12.9. The molecule has 1 saturated heterocycles. The van der Waals surface area contributed by atoms with Crippen molar-refractivity contribution in [1.82, 2.24) is 4.90 Å². The van der Waals surface area contributed by atoms with Crippen LogP contribution in [-0.2, 0) is 26.4 Å². The van der Waals surface area contributed by atoms with Gasteiger partial charge in [-0.05, 0) is 60.9 Å². The summed E-state index contributed by atoms with van der Waals surface area (Å²) in [5, 5.41) is 0. The highest BCUT2D eigenvalue weighted by Gasteiger charge is 2.37. The fraction of sp³-hybridized carbons (Fsp3) is 0.435. The van der Waals surface area contributed by atoms with Gasteiger partial charge in [-0.3, -0.25) is 9.52 Å². The highest BCUT2D eigenvalue weighted by Crippen LogP contribution is 2.41. The fourth-order valence-electron chi connectivity index (χ4n) is 4.46. The molecule has 1 amide bonds. The summed E-state index contributed by atoms with van der Waals surface area (Å²) in [5.74, 6) is 0.0665. The molecule has 0 radical (unpaired) electrons. The van der Waals surface area contributed by atoms with Crippen LogP contribution in [0.4, 0.5) is 24.5 Å². The van der Waals surface area contributed by atoms with Gasteiger partial charge in [0.1, 0.15) is 0 Å². The number of alkyl halides is 3. The smallest absolute Gasteiger partial charge is 0.361 e. The van der Waals surface area contributed by atoms with E-state index in [2.05, 4.69) is 4.72 Å². The number of halogens is 3. The quantitative estimate of drug-likeness (QED) is 0.694. The topological polar surface area (TPSA) is 69.7 Å². The molecular formula is C23H26F3N3O3S. The standard InChI is InChI=1S/C23H26F3N3O3S/c1-22(2)15-29(14-21(30)28-11-3-4-12-28)20-10-9-18(13-19(20)22)33(31,32)27-17-7-5-16(6-8-17)23(24,25)26/h5-10,13,27H,3-4,11-12,14-15H2,1-2H3. The third-order valence-electron chi connectivity index (χ3n) is 6.18. The molecule has 33 heavy (non-hydrogen) atoms. The van der Waals surface area contributed by atoms with Crippen molar-refractivity contribution in [3.63, 3.8) is 0 Å². The van der Waals surface area contributed by atoms with E-state index in [1.807, 2.05) is 23.6 Å². The van der Waals surface area contributed by atoms with Gasteiger partial charge in [-0.1, -0.05) is 13.8 Å².